The Morgan fingerprint density at radius 1 is 1.05 bits per heavy atom. The molecule has 0 saturated carbocycles. The van der Waals surface area contributed by atoms with Gasteiger partial charge in [-0.1, -0.05) is 60.2 Å². The summed E-state index contributed by atoms with van der Waals surface area (Å²) >= 11 is -2.50. The maximum absolute atomic E-state index is 9.68. The molecule has 0 aromatic heterocycles. The van der Waals surface area contributed by atoms with E-state index in [1.165, 1.54) is 21.5 Å². The molecule has 112 valence electrons. The van der Waals surface area contributed by atoms with Gasteiger partial charge >= 0.3 is 6.03 Å². The molecule has 2 rings (SSSR count). The van der Waals surface area contributed by atoms with Crippen LogP contribution in [-0.4, -0.2) is 14.8 Å². The van der Waals surface area contributed by atoms with E-state index in [9.17, 15) is 13.6 Å². The van der Waals surface area contributed by atoms with Gasteiger partial charge in [-0.2, -0.15) is 4.83 Å². The number of hydrogen-bond acceptors (Lipinski definition) is 3. The third kappa shape index (κ3) is 7.21. The summed E-state index contributed by atoms with van der Waals surface area (Å²) in [4.78, 5) is 11.2. The molecule has 0 aliphatic heterocycles. The van der Waals surface area contributed by atoms with E-state index in [1.807, 2.05) is 6.07 Å². The lowest BCUT2D eigenvalue weighted by molar-refractivity contribution is 0.247. The smallest absolute Gasteiger partial charge is 0.327 e. The van der Waals surface area contributed by atoms with Crippen LogP contribution in [0, 0.1) is 6.92 Å². The second-order valence-electron chi connectivity index (χ2n) is 4.06. The minimum Gasteiger partial charge on any atom is -0.759 e. The first kappa shape index (κ1) is 16.8. The average Bonchev–Trinajstić information content (AvgIpc) is 2.47. The van der Waals surface area contributed by atoms with Crippen LogP contribution in [-0.2, 0) is 11.3 Å². The molecule has 0 bridgehead atoms. The Kier molecular flexibility index (Phi) is 7.10. The van der Waals surface area contributed by atoms with Crippen molar-refractivity contribution in [3.05, 3.63) is 60.2 Å². The number of nitrogens with two attached hydrogens (primary N) is 1. The Morgan fingerprint density at radius 3 is 2.00 bits per heavy atom. The summed E-state index contributed by atoms with van der Waals surface area (Å²) < 4.78 is 19.0. The van der Waals surface area contributed by atoms with Gasteiger partial charge in [-0.25, -0.2) is 4.79 Å². The van der Waals surface area contributed by atoms with Crippen LogP contribution in [0.1, 0.15) is 5.56 Å². The Morgan fingerprint density at radius 2 is 1.57 bits per heavy atom. The molecule has 1 atom stereocenters. The molecule has 0 aliphatic carbocycles. The van der Waals surface area contributed by atoms with Gasteiger partial charge in [0.15, 0.2) is 0 Å². The number of hydrogen-bond donors (Lipinski definition) is 3. The number of amides is 2. The number of carbonyl (C=O) groups is 1. The molecule has 4 N–H and O–H groups in total. The molecule has 6 nitrogen and oxygen atoms in total. The SMILES string of the molecule is Cc1ccc(-c2ccccc2)cc1.NC(=O)NNS(=O)[O-]. The van der Waals surface area contributed by atoms with Gasteiger partial charge in [0.05, 0.1) is 0 Å². The van der Waals surface area contributed by atoms with Crippen LogP contribution in [0.3, 0.4) is 0 Å². The molecule has 0 heterocycles. The zero-order valence-corrected chi connectivity index (χ0v) is 12.2. The molecule has 1 unspecified atom stereocenters. The van der Waals surface area contributed by atoms with Crippen molar-refractivity contribution in [1.82, 2.24) is 10.3 Å². The number of urea groups is 1. The molecule has 2 aromatic carbocycles. The molecule has 0 radical (unpaired) electrons. The lowest BCUT2D eigenvalue weighted by Crippen LogP contribution is -2.41. The van der Waals surface area contributed by atoms with Crippen LogP contribution in [0.4, 0.5) is 4.79 Å². The number of rotatable bonds is 3. The number of hydrazine groups is 1. The number of primary amides is 1. The molecule has 0 saturated heterocycles. The van der Waals surface area contributed by atoms with E-state index in [4.69, 9.17) is 0 Å². The number of nitrogens with one attached hydrogen (secondary N) is 2. The van der Waals surface area contributed by atoms with Crippen LogP contribution < -0.4 is 16.0 Å². The molecular formula is C14H16N3O3S-. The van der Waals surface area contributed by atoms with E-state index in [0.717, 1.165) is 0 Å². The van der Waals surface area contributed by atoms with Crippen LogP contribution in [0.15, 0.2) is 54.6 Å². The highest BCUT2D eigenvalue weighted by atomic mass is 32.2. The minimum atomic E-state index is -2.50. The fourth-order valence-corrected chi connectivity index (χ4v) is 1.65. The van der Waals surface area contributed by atoms with Crippen LogP contribution >= 0.6 is 0 Å². The van der Waals surface area contributed by atoms with Crippen molar-refractivity contribution in [2.45, 2.75) is 6.92 Å². The summed E-state index contributed by atoms with van der Waals surface area (Å²) in [5, 5.41) is 0. The largest absolute Gasteiger partial charge is 0.759 e. The van der Waals surface area contributed by atoms with E-state index < -0.39 is 17.3 Å². The molecule has 0 spiro atoms. The lowest BCUT2D eigenvalue weighted by atomic mass is 10.0. The summed E-state index contributed by atoms with van der Waals surface area (Å²) in [6, 6.07) is 18.1. The number of carbonyl (C=O) groups excluding carboxylic acids is 1. The van der Waals surface area contributed by atoms with E-state index in [1.54, 1.807) is 5.43 Å². The normalized spacial score (nSPS) is 11.0. The van der Waals surface area contributed by atoms with Crippen molar-refractivity contribution < 1.29 is 13.6 Å². The van der Waals surface area contributed by atoms with Gasteiger partial charge in [0.25, 0.3) is 0 Å². The molecule has 21 heavy (non-hydrogen) atoms. The second kappa shape index (κ2) is 8.85. The van der Waals surface area contributed by atoms with Crippen LogP contribution in [0.25, 0.3) is 11.1 Å². The summed E-state index contributed by atoms with van der Waals surface area (Å²) in [5.41, 5.74) is 9.94. The first-order valence-corrected chi connectivity index (χ1v) is 7.09. The van der Waals surface area contributed by atoms with E-state index in [2.05, 4.69) is 61.2 Å². The van der Waals surface area contributed by atoms with Gasteiger partial charge < -0.3 is 10.3 Å². The number of aryl methyl sites for hydroxylation is 1. The summed E-state index contributed by atoms with van der Waals surface area (Å²) in [6.07, 6.45) is 0. The Hall–Kier alpha value is -2.22. The highest BCUT2D eigenvalue weighted by Gasteiger charge is 1.93. The topological polar surface area (TPSA) is 107 Å². The number of benzene rings is 2. The van der Waals surface area contributed by atoms with E-state index in [-0.39, 0.29) is 0 Å². The molecule has 2 aromatic rings. The van der Waals surface area contributed by atoms with Crippen LogP contribution in [0.2, 0.25) is 0 Å². The molecule has 0 fully saturated rings. The lowest BCUT2D eigenvalue weighted by Gasteiger charge is -2.04. The van der Waals surface area contributed by atoms with Crippen molar-refractivity contribution in [2.75, 3.05) is 0 Å². The standard InChI is InChI=1S/C13H12.CH5N3O3S/c1-11-7-9-13(10-8-11)12-5-3-2-4-6-12;2-1(5)3-4-8(6)7/h2-10H,1H3;4H,(H,6,7)(H3,2,3,5)/p-1. The highest BCUT2D eigenvalue weighted by molar-refractivity contribution is 7.77. The Balaban J connectivity index is 0.000000240. The monoisotopic (exact) mass is 306 g/mol. The molecule has 0 aliphatic rings. The molecular weight excluding hydrogens is 290 g/mol. The summed E-state index contributed by atoms with van der Waals surface area (Å²) in [6.45, 7) is 2.11. The van der Waals surface area contributed by atoms with Crippen molar-refractivity contribution in [2.24, 2.45) is 5.73 Å². The van der Waals surface area contributed by atoms with Gasteiger partial charge in [-0.3, -0.25) is 9.63 Å². The Labute approximate surface area is 125 Å². The fraction of sp³-hybridized carbons (Fsp3) is 0.0714. The Bertz CT molecular complexity index is 574. The van der Waals surface area contributed by atoms with Crippen molar-refractivity contribution in [3.63, 3.8) is 0 Å². The molecule has 2 amide bonds. The zero-order valence-electron chi connectivity index (χ0n) is 11.4. The maximum Gasteiger partial charge on any atom is 0.327 e. The quantitative estimate of drug-likeness (QED) is 0.592. The van der Waals surface area contributed by atoms with Gasteiger partial charge in [0, 0.05) is 11.3 Å². The first-order valence-electron chi connectivity index (χ1n) is 6.01. The van der Waals surface area contributed by atoms with E-state index >= 15 is 0 Å². The van der Waals surface area contributed by atoms with Crippen molar-refractivity contribution in [1.29, 1.82) is 0 Å². The third-order valence-corrected chi connectivity index (χ3v) is 2.68. The molecule has 7 heteroatoms. The first-order chi connectivity index (χ1) is 9.99. The van der Waals surface area contributed by atoms with E-state index in [0.29, 0.717) is 0 Å². The van der Waals surface area contributed by atoms with Gasteiger partial charge in [-0.15, -0.1) is 0 Å². The van der Waals surface area contributed by atoms with Crippen LogP contribution in [0.5, 0.6) is 0 Å². The zero-order chi connectivity index (χ0) is 15.7. The van der Waals surface area contributed by atoms with Crippen molar-refractivity contribution >= 4 is 17.3 Å². The second-order valence-corrected chi connectivity index (χ2v) is 4.73. The predicted octanol–water partition coefficient (Wildman–Crippen LogP) is 1.62. The maximum atomic E-state index is 9.68. The highest BCUT2D eigenvalue weighted by Crippen LogP contribution is 2.18. The van der Waals surface area contributed by atoms with Gasteiger partial charge in [-0.05, 0) is 18.1 Å². The average molecular weight is 306 g/mol. The summed E-state index contributed by atoms with van der Waals surface area (Å²) in [5.74, 6) is 0. The predicted molar refractivity (Wildman–Crippen MR) is 81.4 cm³/mol. The summed E-state index contributed by atoms with van der Waals surface area (Å²) in [7, 11) is 0. The van der Waals surface area contributed by atoms with Crippen molar-refractivity contribution in [3.8, 4) is 11.1 Å². The minimum absolute atomic E-state index is 0.950. The van der Waals surface area contributed by atoms with Gasteiger partial charge in [0.2, 0.25) is 0 Å². The third-order valence-electron chi connectivity index (χ3n) is 2.42. The van der Waals surface area contributed by atoms with Gasteiger partial charge in [0.1, 0.15) is 0 Å². The fourth-order valence-electron chi connectivity index (χ4n) is 1.47.